The molecule has 0 aliphatic heterocycles. The molecule has 124 valence electrons. The summed E-state index contributed by atoms with van der Waals surface area (Å²) in [6.07, 6.45) is -3.18. The Hall–Kier alpha value is -2.16. The Bertz CT molecular complexity index is 688. The van der Waals surface area contributed by atoms with Crippen molar-refractivity contribution in [2.45, 2.75) is 26.1 Å². The summed E-state index contributed by atoms with van der Waals surface area (Å²) in [5, 5.41) is 5.30. The second-order valence-electron chi connectivity index (χ2n) is 4.74. The van der Waals surface area contributed by atoms with E-state index in [2.05, 4.69) is 20.0 Å². The van der Waals surface area contributed by atoms with Gasteiger partial charge in [-0.2, -0.15) is 13.2 Å². The molecule has 0 spiro atoms. The standard InChI is InChI=1S/C14H14F3N3O2S/c1-8(10-6-23-9(2)20-10)19-13(21)12-11(4-3-5-18-12)22-7-14(15,16)17/h3-6,8H,7H2,1-2H3,(H,19,21). The molecule has 2 heterocycles. The molecule has 9 heteroatoms. The highest BCUT2D eigenvalue weighted by molar-refractivity contribution is 7.09. The van der Waals surface area contributed by atoms with Gasteiger partial charge in [0, 0.05) is 11.6 Å². The minimum atomic E-state index is -4.49. The number of aromatic nitrogens is 2. The van der Waals surface area contributed by atoms with Gasteiger partial charge in [0.05, 0.1) is 16.7 Å². The number of halogens is 3. The van der Waals surface area contributed by atoms with Crippen LogP contribution in [-0.4, -0.2) is 28.7 Å². The third-order valence-electron chi connectivity index (χ3n) is 2.81. The number of ether oxygens (including phenoxy) is 1. The lowest BCUT2D eigenvalue weighted by Crippen LogP contribution is -2.29. The number of aryl methyl sites for hydroxylation is 1. The quantitative estimate of drug-likeness (QED) is 0.903. The molecule has 0 aliphatic rings. The number of carbonyl (C=O) groups excluding carboxylic acids is 1. The minimum absolute atomic E-state index is 0.199. The van der Waals surface area contributed by atoms with Crippen molar-refractivity contribution >= 4 is 17.2 Å². The second-order valence-corrected chi connectivity index (χ2v) is 5.80. The first-order valence-corrected chi connectivity index (χ1v) is 7.51. The lowest BCUT2D eigenvalue weighted by Gasteiger charge is -2.14. The van der Waals surface area contributed by atoms with Crippen molar-refractivity contribution in [3.8, 4) is 5.75 Å². The fourth-order valence-corrected chi connectivity index (χ4v) is 2.46. The molecule has 23 heavy (non-hydrogen) atoms. The van der Waals surface area contributed by atoms with Crippen molar-refractivity contribution in [1.82, 2.24) is 15.3 Å². The molecule has 2 aromatic rings. The number of nitrogens with one attached hydrogen (secondary N) is 1. The maximum absolute atomic E-state index is 12.3. The highest BCUT2D eigenvalue weighted by Crippen LogP contribution is 2.22. The van der Waals surface area contributed by atoms with Crippen LogP contribution in [0, 0.1) is 6.92 Å². The Kier molecular flexibility index (Phi) is 5.19. The molecule has 0 fully saturated rings. The Balaban J connectivity index is 2.10. The summed E-state index contributed by atoms with van der Waals surface area (Å²) < 4.78 is 41.4. The summed E-state index contributed by atoms with van der Waals surface area (Å²) in [5.74, 6) is -0.843. The van der Waals surface area contributed by atoms with E-state index >= 15 is 0 Å². The Morgan fingerprint density at radius 2 is 2.22 bits per heavy atom. The van der Waals surface area contributed by atoms with Crippen LogP contribution in [0.15, 0.2) is 23.7 Å². The summed E-state index contributed by atoms with van der Waals surface area (Å²) in [6, 6.07) is 2.27. The molecule has 0 aliphatic carbocycles. The molecule has 1 atom stereocenters. The summed E-state index contributed by atoms with van der Waals surface area (Å²) in [7, 11) is 0. The van der Waals surface area contributed by atoms with Gasteiger partial charge in [-0.25, -0.2) is 9.97 Å². The molecule has 0 saturated heterocycles. The number of rotatable bonds is 5. The summed E-state index contributed by atoms with van der Waals surface area (Å²) in [4.78, 5) is 20.3. The van der Waals surface area contributed by atoms with Gasteiger partial charge in [0.15, 0.2) is 18.1 Å². The van der Waals surface area contributed by atoms with Gasteiger partial charge in [-0.1, -0.05) is 0 Å². The molecule has 0 radical (unpaired) electrons. The highest BCUT2D eigenvalue weighted by Gasteiger charge is 2.29. The number of pyridine rings is 1. The van der Waals surface area contributed by atoms with E-state index in [9.17, 15) is 18.0 Å². The summed E-state index contributed by atoms with van der Waals surface area (Å²) in [5.41, 5.74) is 0.477. The van der Waals surface area contributed by atoms with Crippen LogP contribution in [0.3, 0.4) is 0 Å². The highest BCUT2D eigenvalue weighted by atomic mass is 32.1. The zero-order chi connectivity index (χ0) is 17.0. The zero-order valence-electron chi connectivity index (χ0n) is 12.3. The molecule has 0 bridgehead atoms. The smallest absolute Gasteiger partial charge is 0.422 e. The van der Waals surface area contributed by atoms with Crippen molar-refractivity contribution < 1.29 is 22.7 Å². The predicted molar refractivity (Wildman–Crippen MR) is 78.5 cm³/mol. The van der Waals surface area contributed by atoms with Gasteiger partial charge in [-0.15, -0.1) is 11.3 Å². The Morgan fingerprint density at radius 3 is 2.83 bits per heavy atom. The van der Waals surface area contributed by atoms with Crippen LogP contribution < -0.4 is 10.1 Å². The Morgan fingerprint density at radius 1 is 1.48 bits per heavy atom. The van der Waals surface area contributed by atoms with Gasteiger partial charge in [-0.05, 0) is 26.0 Å². The van der Waals surface area contributed by atoms with Gasteiger partial charge in [0.1, 0.15) is 0 Å². The van der Waals surface area contributed by atoms with E-state index < -0.39 is 24.7 Å². The third kappa shape index (κ3) is 4.92. The molecule has 2 aromatic heterocycles. The lowest BCUT2D eigenvalue weighted by molar-refractivity contribution is -0.153. The van der Waals surface area contributed by atoms with Gasteiger partial charge in [0.25, 0.3) is 5.91 Å². The van der Waals surface area contributed by atoms with Crippen LogP contribution in [0.4, 0.5) is 13.2 Å². The minimum Gasteiger partial charge on any atom is -0.482 e. The van der Waals surface area contributed by atoms with E-state index in [1.807, 2.05) is 6.92 Å². The zero-order valence-corrected chi connectivity index (χ0v) is 13.2. The average Bonchev–Trinajstić information content (AvgIpc) is 2.91. The number of hydrogen-bond donors (Lipinski definition) is 1. The van der Waals surface area contributed by atoms with E-state index in [1.54, 1.807) is 12.3 Å². The van der Waals surface area contributed by atoms with Crippen molar-refractivity contribution in [1.29, 1.82) is 0 Å². The van der Waals surface area contributed by atoms with Crippen LogP contribution in [0.1, 0.15) is 34.2 Å². The molecule has 5 nitrogen and oxygen atoms in total. The van der Waals surface area contributed by atoms with Crippen LogP contribution in [0.2, 0.25) is 0 Å². The molecular formula is C14H14F3N3O2S. The third-order valence-corrected chi connectivity index (χ3v) is 3.60. The first kappa shape index (κ1) is 17.2. The van der Waals surface area contributed by atoms with Crippen LogP contribution >= 0.6 is 11.3 Å². The number of carbonyl (C=O) groups is 1. The Labute approximate surface area is 134 Å². The van der Waals surface area contributed by atoms with E-state index in [0.29, 0.717) is 5.69 Å². The van der Waals surface area contributed by atoms with Crippen molar-refractivity contribution in [2.75, 3.05) is 6.61 Å². The van der Waals surface area contributed by atoms with Crippen molar-refractivity contribution in [2.24, 2.45) is 0 Å². The number of thiazole rings is 1. The summed E-state index contributed by atoms with van der Waals surface area (Å²) >= 11 is 1.44. The lowest BCUT2D eigenvalue weighted by atomic mass is 10.2. The van der Waals surface area contributed by atoms with E-state index in [0.717, 1.165) is 5.01 Å². The number of nitrogens with zero attached hydrogens (tertiary/aromatic N) is 2. The van der Waals surface area contributed by atoms with Crippen LogP contribution in [0.5, 0.6) is 5.75 Å². The van der Waals surface area contributed by atoms with E-state index in [-0.39, 0.29) is 11.4 Å². The first-order chi connectivity index (χ1) is 10.8. The topological polar surface area (TPSA) is 64.1 Å². The van der Waals surface area contributed by atoms with Crippen molar-refractivity contribution in [3.05, 3.63) is 40.1 Å². The van der Waals surface area contributed by atoms with Crippen molar-refractivity contribution in [3.63, 3.8) is 0 Å². The maximum Gasteiger partial charge on any atom is 0.422 e. The SMILES string of the molecule is Cc1nc(C(C)NC(=O)c2ncccc2OCC(F)(F)F)cs1. The second kappa shape index (κ2) is 6.95. The van der Waals surface area contributed by atoms with E-state index in [4.69, 9.17) is 0 Å². The monoisotopic (exact) mass is 345 g/mol. The maximum atomic E-state index is 12.3. The molecular weight excluding hydrogens is 331 g/mol. The van der Waals surface area contributed by atoms with Gasteiger partial charge in [-0.3, -0.25) is 4.79 Å². The molecule has 0 saturated carbocycles. The van der Waals surface area contributed by atoms with Gasteiger partial charge in [0.2, 0.25) is 0 Å². The molecule has 2 rings (SSSR count). The predicted octanol–water partition coefficient (Wildman–Crippen LogP) is 3.28. The average molecular weight is 345 g/mol. The fraction of sp³-hybridized carbons (Fsp3) is 0.357. The molecule has 1 unspecified atom stereocenters. The molecule has 1 N–H and O–H groups in total. The fourth-order valence-electron chi connectivity index (χ4n) is 1.76. The molecule has 0 aromatic carbocycles. The summed E-state index contributed by atoms with van der Waals surface area (Å²) in [6.45, 7) is 2.08. The largest absolute Gasteiger partial charge is 0.482 e. The first-order valence-electron chi connectivity index (χ1n) is 6.63. The van der Waals surface area contributed by atoms with Crippen LogP contribution in [-0.2, 0) is 0 Å². The number of hydrogen-bond acceptors (Lipinski definition) is 5. The normalized spacial score (nSPS) is 12.7. The number of amides is 1. The number of alkyl halides is 3. The van der Waals surface area contributed by atoms with Gasteiger partial charge >= 0.3 is 6.18 Å². The van der Waals surface area contributed by atoms with E-state index in [1.165, 1.54) is 29.7 Å². The van der Waals surface area contributed by atoms with Crippen LogP contribution in [0.25, 0.3) is 0 Å². The van der Waals surface area contributed by atoms with Gasteiger partial charge < -0.3 is 10.1 Å². The molecule has 1 amide bonds.